The van der Waals surface area contributed by atoms with Gasteiger partial charge in [-0.3, -0.25) is 4.79 Å². The number of nitrogens with zero attached hydrogens (tertiary/aromatic N) is 1. The van der Waals surface area contributed by atoms with E-state index in [2.05, 4.69) is 0 Å². The second-order valence-corrected chi connectivity index (χ2v) is 3.48. The van der Waals surface area contributed by atoms with Gasteiger partial charge in [-0.05, 0) is 24.1 Å². The molecular weight excluding hydrogens is 176 g/mol. The van der Waals surface area contributed by atoms with Crippen LogP contribution in [0.3, 0.4) is 0 Å². The Hall–Kier alpha value is -1.35. The lowest BCUT2D eigenvalue weighted by atomic mass is 10.1. The van der Waals surface area contributed by atoms with Crippen LogP contribution in [0.15, 0.2) is 18.2 Å². The third kappa shape index (κ3) is 1.30. The van der Waals surface area contributed by atoms with Crippen molar-refractivity contribution in [3.8, 4) is 0 Å². The summed E-state index contributed by atoms with van der Waals surface area (Å²) in [6, 6.07) is 6.01. The van der Waals surface area contributed by atoms with Crippen molar-refractivity contribution in [2.24, 2.45) is 5.73 Å². The van der Waals surface area contributed by atoms with Gasteiger partial charge in [0, 0.05) is 18.8 Å². The molecule has 1 heterocycles. The zero-order valence-corrected chi connectivity index (χ0v) is 8.29. The van der Waals surface area contributed by atoms with Crippen LogP contribution in [0, 0.1) is 0 Å². The molecule has 0 saturated carbocycles. The van der Waals surface area contributed by atoms with Crippen LogP contribution in [-0.4, -0.2) is 12.5 Å². The van der Waals surface area contributed by atoms with Crippen molar-refractivity contribution >= 4 is 11.6 Å². The Bertz CT molecular complexity index is 374. The molecule has 0 spiro atoms. The zero-order chi connectivity index (χ0) is 10.1. The van der Waals surface area contributed by atoms with E-state index in [0.29, 0.717) is 13.0 Å². The normalized spacial score (nSPS) is 14.7. The van der Waals surface area contributed by atoms with Gasteiger partial charge in [0.2, 0.25) is 5.91 Å². The highest BCUT2D eigenvalue weighted by Crippen LogP contribution is 2.29. The summed E-state index contributed by atoms with van der Waals surface area (Å²) in [5, 5.41) is 0. The molecule has 0 radical (unpaired) electrons. The first-order chi connectivity index (χ1) is 6.76. The maximum atomic E-state index is 11.6. The predicted molar refractivity (Wildman–Crippen MR) is 56.1 cm³/mol. The topological polar surface area (TPSA) is 46.3 Å². The highest BCUT2D eigenvalue weighted by Gasteiger charge is 2.25. The average Bonchev–Trinajstić information content (AvgIpc) is 2.51. The van der Waals surface area contributed by atoms with Crippen molar-refractivity contribution in [3.05, 3.63) is 29.3 Å². The fraction of sp³-hybridized carbons (Fsp3) is 0.364. The van der Waals surface area contributed by atoms with Gasteiger partial charge in [-0.1, -0.05) is 12.1 Å². The third-order valence-corrected chi connectivity index (χ3v) is 2.63. The largest absolute Gasteiger partial charge is 0.326 e. The van der Waals surface area contributed by atoms with E-state index in [1.165, 1.54) is 0 Å². The standard InChI is InChI=1S/C11H14N2O/c1-2-13-10-4-3-8(7-12)5-9(10)6-11(13)14/h3-5H,2,6-7,12H2,1H3. The number of carbonyl (C=O) groups is 1. The first kappa shape index (κ1) is 9.21. The fourth-order valence-corrected chi connectivity index (χ4v) is 1.91. The lowest BCUT2D eigenvalue weighted by molar-refractivity contribution is -0.117. The van der Waals surface area contributed by atoms with E-state index < -0.39 is 0 Å². The van der Waals surface area contributed by atoms with E-state index in [1.807, 2.05) is 30.0 Å². The molecule has 3 heteroatoms. The maximum Gasteiger partial charge on any atom is 0.231 e. The third-order valence-electron chi connectivity index (χ3n) is 2.63. The fourth-order valence-electron chi connectivity index (χ4n) is 1.91. The molecule has 0 fully saturated rings. The van der Waals surface area contributed by atoms with Gasteiger partial charge in [0.25, 0.3) is 0 Å². The van der Waals surface area contributed by atoms with Gasteiger partial charge < -0.3 is 10.6 Å². The summed E-state index contributed by atoms with van der Waals surface area (Å²) in [6.07, 6.45) is 0.525. The molecule has 2 N–H and O–H groups in total. The number of amides is 1. The van der Waals surface area contributed by atoms with E-state index in [1.54, 1.807) is 0 Å². The summed E-state index contributed by atoms with van der Waals surface area (Å²) < 4.78 is 0. The number of likely N-dealkylation sites (N-methyl/N-ethyl adjacent to an activating group) is 1. The summed E-state index contributed by atoms with van der Waals surface area (Å²) in [5.41, 5.74) is 8.80. The van der Waals surface area contributed by atoms with Crippen molar-refractivity contribution in [2.75, 3.05) is 11.4 Å². The van der Waals surface area contributed by atoms with Crippen LogP contribution in [0.5, 0.6) is 0 Å². The summed E-state index contributed by atoms with van der Waals surface area (Å²) in [4.78, 5) is 13.4. The predicted octanol–water partition coefficient (Wildman–Crippen LogP) is 1.05. The minimum Gasteiger partial charge on any atom is -0.326 e. The van der Waals surface area contributed by atoms with Gasteiger partial charge >= 0.3 is 0 Å². The number of rotatable bonds is 2. The smallest absolute Gasteiger partial charge is 0.231 e. The van der Waals surface area contributed by atoms with Crippen LogP contribution in [0.4, 0.5) is 5.69 Å². The molecule has 0 unspecified atom stereocenters. The molecule has 2 rings (SSSR count). The molecule has 74 valence electrons. The molecule has 1 aromatic carbocycles. The van der Waals surface area contributed by atoms with Crippen molar-refractivity contribution in [1.29, 1.82) is 0 Å². The Kier molecular flexibility index (Phi) is 2.25. The van der Waals surface area contributed by atoms with Crippen LogP contribution in [0.2, 0.25) is 0 Å². The summed E-state index contributed by atoms with van der Waals surface area (Å²) in [5.74, 6) is 0.191. The number of nitrogens with two attached hydrogens (primary N) is 1. The number of anilines is 1. The van der Waals surface area contributed by atoms with Crippen molar-refractivity contribution in [3.63, 3.8) is 0 Å². The molecule has 14 heavy (non-hydrogen) atoms. The van der Waals surface area contributed by atoms with E-state index in [4.69, 9.17) is 5.73 Å². The lowest BCUT2D eigenvalue weighted by Crippen LogP contribution is -2.25. The number of benzene rings is 1. The Morgan fingerprint density at radius 3 is 2.93 bits per heavy atom. The Labute approximate surface area is 83.5 Å². The molecule has 1 aromatic rings. The summed E-state index contributed by atoms with van der Waals surface area (Å²) >= 11 is 0. The van der Waals surface area contributed by atoms with Crippen molar-refractivity contribution in [2.45, 2.75) is 19.9 Å². The van der Waals surface area contributed by atoms with Gasteiger partial charge in [-0.25, -0.2) is 0 Å². The van der Waals surface area contributed by atoms with E-state index in [0.717, 1.165) is 23.4 Å². The van der Waals surface area contributed by atoms with Gasteiger partial charge in [0.05, 0.1) is 6.42 Å². The quantitative estimate of drug-likeness (QED) is 0.757. The molecule has 0 saturated heterocycles. The monoisotopic (exact) mass is 190 g/mol. The molecule has 0 aliphatic carbocycles. The summed E-state index contributed by atoms with van der Waals surface area (Å²) in [7, 11) is 0. The highest BCUT2D eigenvalue weighted by molar-refractivity contribution is 6.01. The number of hydrogen-bond donors (Lipinski definition) is 1. The van der Waals surface area contributed by atoms with Crippen LogP contribution in [-0.2, 0) is 17.8 Å². The Morgan fingerprint density at radius 1 is 1.50 bits per heavy atom. The van der Waals surface area contributed by atoms with E-state index in [9.17, 15) is 4.79 Å². The highest BCUT2D eigenvalue weighted by atomic mass is 16.2. The minimum atomic E-state index is 0.191. The maximum absolute atomic E-state index is 11.6. The number of carbonyl (C=O) groups excluding carboxylic acids is 1. The van der Waals surface area contributed by atoms with Crippen molar-refractivity contribution in [1.82, 2.24) is 0 Å². The number of fused-ring (bicyclic) bond motifs is 1. The van der Waals surface area contributed by atoms with Gasteiger partial charge in [0.15, 0.2) is 0 Å². The molecule has 1 amide bonds. The van der Waals surface area contributed by atoms with E-state index >= 15 is 0 Å². The molecule has 1 aliphatic rings. The molecule has 0 aromatic heterocycles. The number of hydrogen-bond acceptors (Lipinski definition) is 2. The molecule has 3 nitrogen and oxygen atoms in total. The second kappa shape index (κ2) is 3.42. The molecule has 0 atom stereocenters. The van der Waals surface area contributed by atoms with E-state index in [-0.39, 0.29) is 5.91 Å². The lowest BCUT2D eigenvalue weighted by Gasteiger charge is -2.14. The van der Waals surface area contributed by atoms with Crippen LogP contribution < -0.4 is 10.6 Å². The van der Waals surface area contributed by atoms with Crippen LogP contribution >= 0.6 is 0 Å². The summed E-state index contributed by atoms with van der Waals surface area (Å²) in [6.45, 7) is 3.27. The van der Waals surface area contributed by atoms with Gasteiger partial charge in [-0.2, -0.15) is 0 Å². The molecule has 0 bridgehead atoms. The Balaban J connectivity index is 2.42. The molecular formula is C11H14N2O. The second-order valence-electron chi connectivity index (χ2n) is 3.48. The first-order valence-corrected chi connectivity index (χ1v) is 4.88. The van der Waals surface area contributed by atoms with Crippen molar-refractivity contribution < 1.29 is 4.79 Å². The van der Waals surface area contributed by atoms with Gasteiger partial charge in [-0.15, -0.1) is 0 Å². The molecule has 1 aliphatic heterocycles. The minimum absolute atomic E-state index is 0.191. The zero-order valence-electron chi connectivity index (χ0n) is 8.29. The Morgan fingerprint density at radius 2 is 2.29 bits per heavy atom. The first-order valence-electron chi connectivity index (χ1n) is 4.88. The SMILES string of the molecule is CCN1C(=O)Cc2cc(CN)ccc21. The van der Waals surface area contributed by atoms with Gasteiger partial charge in [0.1, 0.15) is 0 Å². The van der Waals surface area contributed by atoms with Crippen LogP contribution in [0.25, 0.3) is 0 Å². The van der Waals surface area contributed by atoms with Crippen LogP contribution in [0.1, 0.15) is 18.1 Å². The average molecular weight is 190 g/mol.